The molecule has 0 spiro atoms. The molecule has 23 heavy (non-hydrogen) atoms. The van der Waals surface area contributed by atoms with Gasteiger partial charge in [0.2, 0.25) is 0 Å². The summed E-state index contributed by atoms with van der Waals surface area (Å²) in [5.41, 5.74) is 1.99. The summed E-state index contributed by atoms with van der Waals surface area (Å²) in [6, 6.07) is 6.39. The number of imide groups is 1. The van der Waals surface area contributed by atoms with Crippen molar-refractivity contribution in [3.63, 3.8) is 0 Å². The molecule has 0 bridgehead atoms. The van der Waals surface area contributed by atoms with Gasteiger partial charge in [-0.2, -0.15) is 5.01 Å². The zero-order chi connectivity index (χ0) is 17.0. The fourth-order valence-corrected chi connectivity index (χ4v) is 2.35. The zero-order valence-corrected chi connectivity index (χ0v) is 13.7. The largest absolute Gasteiger partial charge is 0.497 e. The van der Waals surface area contributed by atoms with Gasteiger partial charge in [0.15, 0.2) is 5.11 Å². The topological polar surface area (TPSA) is 82.7 Å². The number of carbonyl (C=O) groups is 2. The third-order valence-electron chi connectivity index (χ3n) is 3.46. The van der Waals surface area contributed by atoms with Crippen LogP contribution in [-0.2, 0) is 10.3 Å². The maximum Gasteiger partial charge on any atom is 0.344 e. The van der Waals surface area contributed by atoms with E-state index in [1.165, 1.54) is 7.11 Å². The molecule has 0 unspecified atom stereocenters. The van der Waals surface area contributed by atoms with E-state index in [0.717, 1.165) is 5.01 Å². The van der Waals surface area contributed by atoms with Crippen LogP contribution in [-0.4, -0.2) is 35.7 Å². The highest BCUT2D eigenvalue weighted by atomic mass is 32.1. The first-order valence-electron chi connectivity index (χ1n) is 6.89. The first-order chi connectivity index (χ1) is 10.9. The van der Waals surface area contributed by atoms with Crippen LogP contribution in [0.25, 0.3) is 0 Å². The Bertz CT molecular complexity index is 664. The molecule has 1 atom stereocenters. The SMILES string of the molecule is C=CCNC(=S)NN1C(=O)N[C@](C)(c2cccc(OC)c2)C1=O. The lowest BCUT2D eigenvalue weighted by Crippen LogP contribution is -2.51. The first-order valence-corrected chi connectivity index (χ1v) is 7.30. The van der Waals surface area contributed by atoms with Crippen LogP contribution in [0.1, 0.15) is 12.5 Å². The number of rotatable bonds is 5. The Hall–Kier alpha value is -2.61. The molecular weight excluding hydrogens is 316 g/mol. The molecule has 1 aromatic carbocycles. The normalized spacial score (nSPS) is 20.0. The molecule has 0 radical (unpaired) electrons. The number of carbonyl (C=O) groups excluding carboxylic acids is 2. The lowest BCUT2D eigenvalue weighted by Gasteiger charge is -2.23. The van der Waals surface area contributed by atoms with Crippen LogP contribution in [0.2, 0.25) is 0 Å². The molecule has 0 aliphatic carbocycles. The van der Waals surface area contributed by atoms with Crippen molar-refractivity contribution in [2.45, 2.75) is 12.5 Å². The van der Waals surface area contributed by atoms with E-state index >= 15 is 0 Å². The van der Waals surface area contributed by atoms with Crippen molar-refractivity contribution in [1.82, 2.24) is 21.1 Å². The van der Waals surface area contributed by atoms with Crippen molar-refractivity contribution in [2.75, 3.05) is 13.7 Å². The Kier molecular flexibility index (Phi) is 4.85. The summed E-state index contributed by atoms with van der Waals surface area (Å²) in [6.07, 6.45) is 1.61. The van der Waals surface area contributed by atoms with Crippen LogP contribution in [0.15, 0.2) is 36.9 Å². The smallest absolute Gasteiger partial charge is 0.344 e. The van der Waals surface area contributed by atoms with Gasteiger partial charge in [0.25, 0.3) is 5.91 Å². The molecular formula is C15H18N4O3S. The van der Waals surface area contributed by atoms with Crippen LogP contribution in [0.4, 0.5) is 4.79 Å². The summed E-state index contributed by atoms with van der Waals surface area (Å²) in [5.74, 6) is 0.138. The van der Waals surface area contributed by atoms with Crippen molar-refractivity contribution in [1.29, 1.82) is 0 Å². The molecule has 1 saturated heterocycles. The molecule has 7 nitrogen and oxygen atoms in total. The lowest BCUT2D eigenvalue weighted by atomic mass is 9.92. The minimum Gasteiger partial charge on any atom is -0.497 e. The van der Waals surface area contributed by atoms with Gasteiger partial charge in [-0.25, -0.2) is 4.79 Å². The summed E-state index contributed by atoms with van der Waals surface area (Å²) in [6.45, 7) is 5.60. The van der Waals surface area contributed by atoms with Gasteiger partial charge >= 0.3 is 6.03 Å². The number of thiocarbonyl (C=S) groups is 1. The molecule has 1 aliphatic heterocycles. The lowest BCUT2D eigenvalue weighted by molar-refractivity contribution is -0.132. The molecule has 1 heterocycles. The van der Waals surface area contributed by atoms with Crippen LogP contribution in [0, 0.1) is 0 Å². The summed E-state index contributed by atoms with van der Waals surface area (Å²) in [4.78, 5) is 24.8. The van der Waals surface area contributed by atoms with Crippen molar-refractivity contribution in [2.24, 2.45) is 0 Å². The summed E-state index contributed by atoms with van der Waals surface area (Å²) in [7, 11) is 1.54. The predicted octanol–water partition coefficient (Wildman–Crippen LogP) is 1.03. The molecule has 1 fully saturated rings. The number of nitrogens with one attached hydrogen (secondary N) is 3. The number of hydrogen-bond donors (Lipinski definition) is 3. The number of methoxy groups -OCH3 is 1. The van der Waals surface area contributed by atoms with E-state index in [1.54, 1.807) is 37.3 Å². The molecule has 3 amide bonds. The van der Waals surface area contributed by atoms with Crippen molar-refractivity contribution < 1.29 is 14.3 Å². The van der Waals surface area contributed by atoms with Crippen molar-refractivity contribution in [3.05, 3.63) is 42.5 Å². The summed E-state index contributed by atoms with van der Waals surface area (Å²) in [5, 5.41) is 6.48. The van der Waals surface area contributed by atoms with E-state index < -0.39 is 17.5 Å². The Morgan fingerprint density at radius 3 is 2.91 bits per heavy atom. The fraction of sp³-hybridized carbons (Fsp3) is 0.267. The second kappa shape index (κ2) is 6.66. The van der Waals surface area contributed by atoms with E-state index in [4.69, 9.17) is 17.0 Å². The number of nitrogens with zero attached hydrogens (tertiary/aromatic N) is 1. The third-order valence-corrected chi connectivity index (χ3v) is 3.69. The molecule has 3 N–H and O–H groups in total. The van der Waals surface area contributed by atoms with Gasteiger partial charge in [0.1, 0.15) is 11.3 Å². The Balaban J connectivity index is 2.22. The standard InChI is InChI=1S/C15H18N4O3S/c1-4-8-16-13(23)18-19-12(20)15(2,17-14(19)21)10-6-5-7-11(9-10)22-3/h4-7,9H,1,8H2,2-3H3,(H,17,21)(H2,16,18,23)/t15-/m1/s1. The number of hydrazine groups is 1. The van der Waals surface area contributed by atoms with Gasteiger partial charge in [0.05, 0.1) is 7.11 Å². The third kappa shape index (κ3) is 3.26. The molecule has 1 aromatic rings. The summed E-state index contributed by atoms with van der Waals surface area (Å²) < 4.78 is 5.16. The second-order valence-electron chi connectivity index (χ2n) is 5.04. The highest BCUT2D eigenvalue weighted by Gasteiger charge is 2.49. The van der Waals surface area contributed by atoms with Crippen molar-refractivity contribution in [3.8, 4) is 5.75 Å². The fourth-order valence-electron chi connectivity index (χ4n) is 2.18. The highest BCUT2D eigenvalue weighted by molar-refractivity contribution is 7.80. The number of amides is 3. The van der Waals surface area contributed by atoms with Gasteiger partial charge in [-0.1, -0.05) is 18.2 Å². The summed E-state index contributed by atoms with van der Waals surface area (Å²) >= 11 is 5.03. The Morgan fingerprint density at radius 1 is 1.52 bits per heavy atom. The molecule has 0 saturated carbocycles. The minimum absolute atomic E-state index is 0.156. The number of hydrogen-bond acceptors (Lipinski definition) is 4. The van der Waals surface area contributed by atoms with E-state index in [0.29, 0.717) is 17.9 Å². The van der Waals surface area contributed by atoms with Crippen LogP contribution >= 0.6 is 12.2 Å². The molecule has 8 heteroatoms. The number of urea groups is 1. The quantitative estimate of drug-likeness (QED) is 0.424. The molecule has 2 rings (SSSR count). The second-order valence-corrected chi connectivity index (χ2v) is 5.45. The minimum atomic E-state index is -1.20. The molecule has 0 aromatic heterocycles. The molecule has 122 valence electrons. The van der Waals surface area contributed by atoms with Gasteiger partial charge in [-0.3, -0.25) is 10.2 Å². The predicted molar refractivity (Wildman–Crippen MR) is 89.7 cm³/mol. The van der Waals surface area contributed by atoms with Crippen LogP contribution in [0.5, 0.6) is 5.75 Å². The van der Waals surface area contributed by atoms with Crippen LogP contribution in [0.3, 0.4) is 0 Å². The average molecular weight is 334 g/mol. The van der Waals surface area contributed by atoms with Gasteiger partial charge in [-0.05, 0) is 36.8 Å². The van der Waals surface area contributed by atoms with E-state index in [2.05, 4.69) is 22.6 Å². The van der Waals surface area contributed by atoms with Gasteiger partial charge in [0, 0.05) is 6.54 Å². The van der Waals surface area contributed by atoms with E-state index in [-0.39, 0.29) is 5.11 Å². The van der Waals surface area contributed by atoms with E-state index in [1.807, 2.05) is 0 Å². The Morgan fingerprint density at radius 2 is 2.26 bits per heavy atom. The van der Waals surface area contributed by atoms with E-state index in [9.17, 15) is 9.59 Å². The Labute approximate surface area is 139 Å². The molecule has 1 aliphatic rings. The van der Waals surface area contributed by atoms with Crippen molar-refractivity contribution >= 4 is 29.3 Å². The maximum atomic E-state index is 12.7. The average Bonchev–Trinajstić information content (AvgIpc) is 2.77. The number of benzene rings is 1. The first kappa shape index (κ1) is 16.8. The zero-order valence-electron chi connectivity index (χ0n) is 12.9. The van der Waals surface area contributed by atoms with Crippen LogP contribution < -0.4 is 20.8 Å². The van der Waals surface area contributed by atoms with Gasteiger partial charge < -0.3 is 15.4 Å². The number of ether oxygens (including phenoxy) is 1. The highest BCUT2D eigenvalue weighted by Crippen LogP contribution is 2.30. The maximum absolute atomic E-state index is 12.7. The van der Waals surface area contributed by atoms with Gasteiger partial charge in [-0.15, -0.1) is 6.58 Å². The monoisotopic (exact) mass is 334 g/mol.